The first-order chi connectivity index (χ1) is 9.88. The van der Waals surface area contributed by atoms with E-state index >= 15 is 0 Å². The van der Waals surface area contributed by atoms with Crippen molar-refractivity contribution in [1.82, 2.24) is 14.9 Å². The van der Waals surface area contributed by atoms with Gasteiger partial charge in [-0.25, -0.2) is 9.97 Å². The molecule has 3 aliphatic rings. The third-order valence-corrected chi connectivity index (χ3v) is 4.41. The van der Waals surface area contributed by atoms with Gasteiger partial charge in [0.05, 0.1) is 12.9 Å². The molecule has 0 radical (unpaired) electrons. The van der Waals surface area contributed by atoms with Crippen molar-refractivity contribution in [1.29, 1.82) is 0 Å². The second kappa shape index (κ2) is 5.17. The highest BCUT2D eigenvalue weighted by atomic mass is 16.5. The predicted octanol–water partition coefficient (Wildman–Crippen LogP) is 2.41. The second-order valence-corrected chi connectivity index (χ2v) is 6.19. The summed E-state index contributed by atoms with van der Waals surface area (Å²) in [5, 5.41) is 0. The van der Waals surface area contributed by atoms with Crippen molar-refractivity contribution in [2.24, 2.45) is 0 Å². The van der Waals surface area contributed by atoms with E-state index in [1.54, 1.807) is 0 Å². The largest absolute Gasteiger partial charge is 0.501 e. The quantitative estimate of drug-likeness (QED) is 0.846. The van der Waals surface area contributed by atoms with Crippen molar-refractivity contribution in [2.45, 2.75) is 44.6 Å². The Labute approximate surface area is 119 Å². The molecule has 20 heavy (non-hydrogen) atoms. The molecule has 2 aliphatic heterocycles. The second-order valence-electron chi connectivity index (χ2n) is 6.19. The molecular weight excluding hydrogens is 250 g/mol. The van der Waals surface area contributed by atoms with Crippen LogP contribution in [0.5, 0.6) is 0 Å². The van der Waals surface area contributed by atoms with Crippen LogP contribution in [-0.2, 0) is 17.7 Å². The molecule has 1 aromatic rings. The molecule has 0 aromatic carbocycles. The molecule has 1 saturated carbocycles. The molecule has 4 rings (SSSR count). The van der Waals surface area contributed by atoms with Gasteiger partial charge in [0, 0.05) is 49.4 Å². The van der Waals surface area contributed by atoms with Gasteiger partial charge in [-0.3, -0.25) is 4.90 Å². The number of hydrogen-bond donors (Lipinski definition) is 0. The van der Waals surface area contributed by atoms with Gasteiger partial charge in [0.2, 0.25) is 0 Å². The van der Waals surface area contributed by atoms with Crippen LogP contribution in [0, 0.1) is 0 Å². The molecule has 0 unspecified atom stereocenters. The third kappa shape index (κ3) is 2.57. The number of nitrogens with zero attached hydrogens (tertiary/aromatic N) is 3. The van der Waals surface area contributed by atoms with E-state index in [0.717, 1.165) is 44.9 Å². The first-order valence-electron chi connectivity index (χ1n) is 7.75. The Kier molecular flexibility index (Phi) is 3.19. The van der Waals surface area contributed by atoms with Crippen LogP contribution in [0.1, 0.15) is 48.7 Å². The fourth-order valence-corrected chi connectivity index (χ4v) is 3.09. The maximum atomic E-state index is 5.43. The molecule has 1 aliphatic carbocycles. The summed E-state index contributed by atoms with van der Waals surface area (Å²) in [5.74, 6) is 1.74. The fourth-order valence-electron chi connectivity index (χ4n) is 3.09. The highest BCUT2D eigenvalue weighted by Gasteiger charge is 2.28. The lowest BCUT2D eigenvalue weighted by atomic mass is 10.0. The predicted molar refractivity (Wildman–Crippen MR) is 76.3 cm³/mol. The average molecular weight is 271 g/mol. The summed E-state index contributed by atoms with van der Waals surface area (Å²) in [7, 11) is 0. The smallest absolute Gasteiger partial charge is 0.131 e. The molecule has 4 nitrogen and oxygen atoms in total. The molecule has 3 heterocycles. The summed E-state index contributed by atoms with van der Waals surface area (Å²) in [4.78, 5) is 11.8. The minimum absolute atomic E-state index is 0.655. The van der Waals surface area contributed by atoms with Crippen LogP contribution in [0.25, 0.3) is 0 Å². The monoisotopic (exact) mass is 271 g/mol. The van der Waals surface area contributed by atoms with Crippen LogP contribution in [0.4, 0.5) is 0 Å². The Balaban J connectivity index is 1.44. The molecule has 0 bridgehead atoms. The molecule has 0 spiro atoms. The first kappa shape index (κ1) is 12.3. The number of aromatic nitrogens is 2. The Bertz CT molecular complexity index is 537. The summed E-state index contributed by atoms with van der Waals surface area (Å²) in [5.41, 5.74) is 4.03. The van der Waals surface area contributed by atoms with Gasteiger partial charge in [-0.1, -0.05) is 0 Å². The topological polar surface area (TPSA) is 38.2 Å². The molecule has 0 N–H and O–H groups in total. The zero-order chi connectivity index (χ0) is 13.4. The number of rotatable bonds is 3. The van der Waals surface area contributed by atoms with Crippen molar-refractivity contribution in [3.05, 3.63) is 35.1 Å². The SMILES string of the molecule is C1=C(CN2CCc3nc(C4CC4)ncc3C2)CCCO1. The average Bonchev–Trinajstić information content (AvgIpc) is 3.32. The van der Waals surface area contributed by atoms with Crippen LogP contribution in [-0.4, -0.2) is 34.6 Å². The number of ether oxygens (including phenoxy) is 1. The molecule has 0 saturated heterocycles. The van der Waals surface area contributed by atoms with Crippen molar-refractivity contribution < 1.29 is 4.74 Å². The van der Waals surface area contributed by atoms with E-state index in [9.17, 15) is 0 Å². The molecule has 1 aromatic heterocycles. The maximum Gasteiger partial charge on any atom is 0.131 e. The van der Waals surface area contributed by atoms with Crippen molar-refractivity contribution in [2.75, 3.05) is 19.7 Å². The van der Waals surface area contributed by atoms with Gasteiger partial charge in [-0.05, 0) is 31.3 Å². The van der Waals surface area contributed by atoms with Gasteiger partial charge in [0.25, 0.3) is 0 Å². The summed E-state index contributed by atoms with van der Waals surface area (Å²) in [6.07, 6.45) is 9.98. The molecule has 4 heteroatoms. The Morgan fingerprint density at radius 2 is 2.25 bits per heavy atom. The zero-order valence-corrected chi connectivity index (χ0v) is 11.8. The Morgan fingerprint density at radius 1 is 1.30 bits per heavy atom. The number of hydrogen-bond acceptors (Lipinski definition) is 4. The van der Waals surface area contributed by atoms with E-state index in [1.807, 2.05) is 6.26 Å². The molecular formula is C16H21N3O. The zero-order valence-electron chi connectivity index (χ0n) is 11.8. The van der Waals surface area contributed by atoms with Gasteiger partial charge in [0.1, 0.15) is 5.82 Å². The van der Waals surface area contributed by atoms with E-state index in [2.05, 4.69) is 16.1 Å². The summed E-state index contributed by atoms with van der Waals surface area (Å²) >= 11 is 0. The van der Waals surface area contributed by atoms with Gasteiger partial charge in [-0.15, -0.1) is 0 Å². The van der Waals surface area contributed by atoms with Crippen LogP contribution >= 0.6 is 0 Å². The van der Waals surface area contributed by atoms with Crippen LogP contribution in [0.15, 0.2) is 18.0 Å². The van der Waals surface area contributed by atoms with E-state index in [-0.39, 0.29) is 0 Å². The molecule has 1 fully saturated rings. The van der Waals surface area contributed by atoms with Crippen LogP contribution < -0.4 is 0 Å². The summed E-state index contributed by atoms with van der Waals surface area (Å²) in [6, 6.07) is 0. The van der Waals surface area contributed by atoms with E-state index in [0.29, 0.717) is 5.92 Å². The Hall–Kier alpha value is -1.42. The van der Waals surface area contributed by atoms with Gasteiger partial charge >= 0.3 is 0 Å². The standard InChI is InChI=1S/C16H21N3O/c1-2-12(11-20-7-1)9-19-6-5-15-14(10-19)8-17-16(18-15)13-3-4-13/h8,11,13H,1-7,9-10H2. The summed E-state index contributed by atoms with van der Waals surface area (Å²) in [6.45, 7) is 4.00. The van der Waals surface area contributed by atoms with Crippen LogP contribution in [0.2, 0.25) is 0 Å². The molecule has 0 atom stereocenters. The van der Waals surface area contributed by atoms with Crippen molar-refractivity contribution in [3.63, 3.8) is 0 Å². The lowest BCUT2D eigenvalue weighted by molar-refractivity contribution is 0.208. The minimum atomic E-state index is 0.655. The lowest BCUT2D eigenvalue weighted by Crippen LogP contribution is -2.33. The van der Waals surface area contributed by atoms with Crippen LogP contribution in [0.3, 0.4) is 0 Å². The maximum absolute atomic E-state index is 5.43. The first-order valence-corrected chi connectivity index (χ1v) is 7.75. The highest BCUT2D eigenvalue weighted by Crippen LogP contribution is 2.38. The van der Waals surface area contributed by atoms with E-state index in [4.69, 9.17) is 9.72 Å². The molecule has 106 valence electrons. The Morgan fingerprint density at radius 3 is 3.05 bits per heavy atom. The molecule has 0 amide bonds. The van der Waals surface area contributed by atoms with Gasteiger partial charge in [0.15, 0.2) is 0 Å². The minimum Gasteiger partial charge on any atom is -0.501 e. The van der Waals surface area contributed by atoms with E-state index < -0.39 is 0 Å². The third-order valence-electron chi connectivity index (χ3n) is 4.41. The normalized spacial score (nSPS) is 22.9. The highest BCUT2D eigenvalue weighted by molar-refractivity contribution is 5.23. The van der Waals surface area contributed by atoms with Gasteiger partial charge in [-0.2, -0.15) is 0 Å². The van der Waals surface area contributed by atoms with E-state index in [1.165, 1.54) is 36.1 Å². The van der Waals surface area contributed by atoms with Gasteiger partial charge < -0.3 is 4.74 Å². The lowest BCUT2D eigenvalue weighted by Gasteiger charge is -2.29. The van der Waals surface area contributed by atoms with Crippen molar-refractivity contribution in [3.8, 4) is 0 Å². The fraction of sp³-hybridized carbons (Fsp3) is 0.625. The summed E-state index contributed by atoms with van der Waals surface area (Å²) < 4.78 is 5.43. The number of fused-ring (bicyclic) bond motifs is 1. The van der Waals surface area contributed by atoms with Crippen molar-refractivity contribution >= 4 is 0 Å².